The Balaban J connectivity index is 1.36. The molecule has 0 bridgehead atoms. The van der Waals surface area contributed by atoms with E-state index in [2.05, 4.69) is 40.6 Å². The molecule has 29 heavy (non-hydrogen) atoms. The minimum absolute atomic E-state index is 0.176. The molecule has 0 radical (unpaired) electrons. The van der Waals surface area contributed by atoms with Crippen LogP contribution < -0.4 is 11.0 Å². The number of hydrogen-bond acceptors (Lipinski definition) is 2. The largest absolute Gasteiger partial charge is 0.330 e. The summed E-state index contributed by atoms with van der Waals surface area (Å²) in [5.41, 5.74) is 7.70. The van der Waals surface area contributed by atoms with Crippen LogP contribution in [0, 0.1) is 6.92 Å². The summed E-state index contributed by atoms with van der Waals surface area (Å²) in [6, 6.07) is 21.5. The molecule has 5 rings (SSSR count). The van der Waals surface area contributed by atoms with Gasteiger partial charge in [-0.1, -0.05) is 30.3 Å². The fourth-order valence-electron chi connectivity index (χ4n) is 3.96. The Bertz CT molecular complexity index is 1300. The van der Waals surface area contributed by atoms with E-state index in [1.54, 1.807) is 35.0 Å². The van der Waals surface area contributed by atoms with Crippen LogP contribution in [-0.2, 0) is 6.42 Å². The molecule has 1 amide bonds. The van der Waals surface area contributed by atoms with Crippen molar-refractivity contribution in [3.05, 3.63) is 106 Å². The van der Waals surface area contributed by atoms with Crippen molar-refractivity contribution in [1.82, 2.24) is 9.55 Å². The first-order valence-electron chi connectivity index (χ1n) is 9.50. The second-order valence-corrected chi connectivity index (χ2v) is 7.28. The summed E-state index contributed by atoms with van der Waals surface area (Å²) >= 11 is 0. The van der Waals surface area contributed by atoms with Gasteiger partial charge >= 0.3 is 5.69 Å². The number of carbonyl (C=O) groups is 1. The first-order chi connectivity index (χ1) is 14.1. The minimum atomic E-state index is -0.196. The van der Waals surface area contributed by atoms with Crippen molar-refractivity contribution < 1.29 is 4.79 Å². The lowest BCUT2D eigenvalue weighted by Gasteiger charge is -2.09. The van der Waals surface area contributed by atoms with Gasteiger partial charge in [0, 0.05) is 23.1 Å². The van der Waals surface area contributed by atoms with Gasteiger partial charge in [0.1, 0.15) is 0 Å². The topological polar surface area (TPSA) is 66.9 Å². The molecule has 0 aliphatic heterocycles. The Morgan fingerprint density at radius 1 is 0.966 bits per heavy atom. The SMILES string of the molecule is Cc1c[nH]c(=O)n1-c1ccc(C(=O)Nc2ccc3c(c2)Cc2ccccc2-3)cc1. The van der Waals surface area contributed by atoms with Gasteiger partial charge in [0.25, 0.3) is 5.91 Å². The number of aromatic amines is 1. The summed E-state index contributed by atoms with van der Waals surface area (Å²) < 4.78 is 1.57. The molecule has 1 aliphatic rings. The molecule has 5 heteroatoms. The van der Waals surface area contributed by atoms with E-state index >= 15 is 0 Å². The van der Waals surface area contributed by atoms with Gasteiger partial charge in [-0.2, -0.15) is 0 Å². The van der Waals surface area contributed by atoms with Crippen LogP contribution >= 0.6 is 0 Å². The lowest BCUT2D eigenvalue weighted by atomic mass is 10.1. The molecule has 0 fully saturated rings. The average Bonchev–Trinajstić information content (AvgIpc) is 3.27. The van der Waals surface area contributed by atoms with E-state index < -0.39 is 0 Å². The summed E-state index contributed by atoms with van der Waals surface area (Å²) in [6.07, 6.45) is 2.55. The Hall–Kier alpha value is -3.86. The predicted octanol–water partition coefficient (Wildman–Crippen LogP) is 4.30. The zero-order chi connectivity index (χ0) is 20.0. The highest BCUT2D eigenvalue weighted by Crippen LogP contribution is 2.37. The van der Waals surface area contributed by atoms with Crippen LogP contribution in [-0.4, -0.2) is 15.5 Å². The van der Waals surface area contributed by atoms with Crippen LogP contribution in [0.15, 0.2) is 77.7 Å². The molecule has 0 saturated heterocycles. The Morgan fingerprint density at radius 2 is 1.72 bits per heavy atom. The predicted molar refractivity (Wildman–Crippen MR) is 114 cm³/mol. The van der Waals surface area contributed by atoms with E-state index in [0.29, 0.717) is 5.56 Å². The van der Waals surface area contributed by atoms with Gasteiger partial charge in [-0.15, -0.1) is 0 Å². The van der Waals surface area contributed by atoms with Gasteiger partial charge in [0.05, 0.1) is 5.69 Å². The molecular formula is C24H19N3O2. The van der Waals surface area contributed by atoms with Gasteiger partial charge in [-0.05, 0) is 72.0 Å². The number of carbonyl (C=O) groups excluding carboxylic acids is 1. The van der Waals surface area contributed by atoms with Crippen molar-refractivity contribution in [2.24, 2.45) is 0 Å². The third-order valence-corrected chi connectivity index (χ3v) is 5.40. The number of imidazole rings is 1. The third kappa shape index (κ3) is 2.97. The van der Waals surface area contributed by atoms with Crippen molar-refractivity contribution in [2.45, 2.75) is 13.3 Å². The standard InChI is InChI=1S/C24H19N3O2/c1-15-14-25-24(29)27(15)20-9-6-16(7-10-20)23(28)26-19-8-11-22-18(13-19)12-17-4-2-3-5-21(17)22/h2-11,13-14H,12H2,1H3,(H,25,29)(H,26,28). The number of rotatable bonds is 3. The van der Waals surface area contributed by atoms with Crippen LogP contribution in [0.3, 0.4) is 0 Å². The first-order valence-corrected chi connectivity index (χ1v) is 9.50. The number of nitrogens with one attached hydrogen (secondary N) is 2. The maximum atomic E-state index is 12.7. The number of anilines is 1. The number of hydrogen-bond donors (Lipinski definition) is 2. The zero-order valence-corrected chi connectivity index (χ0v) is 15.9. The Labute approximate surface area is 167 Å². The lowest BCUT2D eigenvalue weighted by Crippen LogP contribution is -2.16. The molecule has 3 aromatic carbocycles. The van der Waals surface area contributed by atoms with E-state index in [4.69, 9.17) is 0 Å². The molecule has 142 valence electrons. The second-order valence-electron chi connectivity index (χ2n) is 7.28. The zero-order valence-electron chi connectivity index (χ0n) is 15.9. The van der Waals surface area contributed by atoms with E-state index in [1.165, 1.54) is 22.3 Å². The van der Waals surface area contributed by atoms with Crippen molar-refractivity contribution in [3.8, 4) is 16.8 Å². The number of benzene rings is 3. The molecule has 0 spiro atoms. The van der Waals surface area contributed by atoms with E-state index in [9.17, 15) is 9.59 Å². The molecule has 2 N–H and O–H groups in total. The van der Waals surface area contributed by atoms with Crippen molar-refractivity contribution in [3.63, 3.8) is 0 Å². The van der Waals surface area contributed by atoms with E-state index in [-0.39, 0.29) is 11.6 Å². The summed E-state index contributed by atoms with van der Waals surface area (Å²) in [4.78, 5) is 27.2. The highest BCUT2D eigenvalue weighted by atomic mass is 16.2. The molecule has 5 nitrogen and oxygen atoms in total. The Morgan fingerprint density at radius 3 is 2.48 bits per heavy atom. The average molecular weight is 381 g/mol. The summed E-state index contributed by atoms with van der Waals surface area (Å²) in [7, 11) is 0. The van der Waals surface area contributed by atoms with Gasteiger partial charge < -0.3 is 10.3 Å². The van der Waals surface area contributed by atoms with Gasteiger partial charge in [-0.3, -0.25) is 9.36 Å². The molecule has 1 aromatic heterocycles. The smallest absolute Gasteiger partial charge is 0.322 e. The Kier molecular flexibility index (Phi) is 3.95. The number of amides is 1. The van der Waals surface area contributed by atoms with E-state index in [1.807, 2.05) is 19.1 Å². The fraction of sp³-hybridized carbons (Fsp3) is 0.0833. The minimum Gasteiger partial charge on any atom is -0.322 e. The summed E-state index contributed by atoms with van der Waals surface area (Å²) in [5, 5.41) is 2.98. The number of H-pyrrole nitrogens is 1. The van der Waals surface area contributed by atoms with Crippen LogP contribution in [0.5, 0.6) is 0 Å². The number of aromatic nitrogens is 2. The van der Waals surface area contributed by atoms with E-state index in [0.717, 1.165) is 23.5 Å². The summed E-state index contributed by atoms with van der Waals surface area (Å²) in [5.74, 6) is -0.176. The lowest BCUT2D eigenvalue weighted by molar-refractivity contribution is 0.102. The van der Waals surface area contributed by atoms with Crippen molar-refractivity contribution in [1.29, 1.82) is 0 Å². The summed E-state index contributed by atoms with van der Waals surface area (Å²) in [6.45, 7) is 1.85. The highest BCUT2D eigenvalue weighted by Gasteiger charge is 2.18. The maximum Gasteiger partial charge on any atom is 0.330 e. The van der Waals surface area contributed by atoms with Crippen molar-refractivity contribution >= 4 is 11.6 Å². The van der Waals surface area contributed by atoms with Gasteiger partial charge in [-0.25, -0.2) is 4.79 Å². The monoisotopic (exact) mass is 381 g/mol. The number of aryl methyl sites for hydroxylation is 1. The second kappa shape index (κ2) is 6.63. The molecule has 4 aromatic rings. The normalized spacial score (nSPS) is 11.8. The van der Waals surface area contributed by atoms with Crippen LogP contribution in [0.2, 0.25) is 0 Å². The molecular weight excluding hydrogens is 362 g/mol. The molecule has 1 aliphatic carbocycles. The molecule has 1 heterocycles. The molecule has 0 saturated carbocycles. The van der Waals surface area contributed by atoms with Crippen molar-refractivity contribution in [2.75, 3.05) is 5.32 Å². The third-order valence-electron chi connectivity index (χ3n) is 5.40. The maximum absolute atomic E-state index is 12.7. The van der Waals surface area contributed by atoms with Crippen LogP contribution in [0.1, 0.15) is 27.2 Å². The fourth-order valence-corrected chi connectivity index (χ4v) is 3.96. The van der Waals surface area contributed by atoms with Gasteiger partial charge in [0.2, 0.25) is 0 Å². The molecule has 0 unspecified atom stereocenters. The van der Waals surface area contributed by atoms with Crippen LogP contribution in [0.4, 0.5) is 5.69 Å². The quantitative estimate of drug-likeness (QED) is 0.489. The number of nitrogens with zero attached hydrogens (tertiary/aromatic N) is 1. The number of fused-ring (bicyclic) bond motifs is 3. The first kappa shape index (κ1) is 17.3. The van der Waals surface area contributed by atoms with Crippen LogP contribution in [0.25, 0.3) is 16.8 Å². The molecule has 0 atom stereocenters. The highest BCUT2D eigenvalue weighted by molar-refractivity contribution is 6.04. The van der Waals surface area contributed by atoms with Gasteiger partial charge in [0.15, 0.2) is 0 Å².